The Morgan fingerprint density at radius 3 is 2.36 bits per heavy atom. The molecule has 2 heterocycles. The van der Waals surface area contributed by atoms with E-state index in [-0.39, 0.29) is 17.9 Å². The smallest absolute Gasteiger partial charge is 0.242 e. The summed E-state index contributed by atoms with van der Waals surface area (Å²) < 4.78 is 0. The molecular formula is C19H19N3O2S. The first-order valence-corrected chi connectivity index (χ1v) is 9.24. The van der Waals surface area contributed by atoms with Gasteiger partial charge >= 0.3 is 0 Å². The van der Waals surface area contributed by atoms with Gasteiger partial charge in [0.1, 0.15) is 6.04 Å². The summed E-state index contributed by atoms with van der Waals surface area (Å²) in [6.07, 6.45) is 1.01. The summed E-state index contributed by atoms with van der Waals surface area (Å²) in [5, 5.41) is 5.57. The minimum Gasteiger partial charge on any atom is -0.354 e. The lowest BCUT2D eigenvalue weighted by molar-refractivity contribution is -0.127. The molecule has 2 N–H and O–H groups in total. The summed E-state index contributed by atoms with van der Waals surface area (Å²) in [6, 6.07) is 16.1. The molecule has 25 heavy (non-hydrogen) atoms. The van der Waals surface area contributed by atoms with Gasteiger partial charge in [0.05, 0.1) is 11.4 Å². The van der Waals surface area contributed by atoms with Crippen LogP contribution in [0.5, 0.6) is 0 Å². The molecule has 1 unspecified atom stereocenters. The molecule has 1 saturated heterocycles. The Bertz CT molecular complexity index is 778. The maximum Gasteiger partial charge on any atom is 0.242 e. The van der Waals surface area contributed by atoms with Crippen LogP contribution in [0.4, 0.5) is 11.4 Å². The van der Waals surface area contributed by atoms with Gasteiger partial charge in [0.25, 0.3) is 0 Å². The number of nitrogens with zero attached hydrogens (tertiary/aromatic N) is 1. The van der Waals surface area contributed by atoms with Gasteiger partial charge in [0, 0.05) is 29.3 Å². The summed E-state index contributed by atoms with van der Waals surface area (Å²) in [5.74, 6) is -0.173. The minimum absolute atomic E-state index is 0.0848. The van der Waals surface area contributed by atoms with E-state index >= 15 is 0 Å². The van der Waals surface area contributed by atoms with Crippen LogP contribution in [0.3, 0.4) is 0 Å². The van der Waals surface area contributed by atoms with Crippen molar-refractivity contribution in [3.05, 3.63) is 48.5 Å². The van der Waals surface area contributed by atoms with E-state index in [2.05, 4.69) is 39.8 Å². The van der Waals surface area contributed by atoms with E-state index in [4.69, 9.17) is 0 Å². The van der Waals surface area contributed by atoms with Crippen LogP contribution in [0.25, 0.3) is 0 Å². The van der Waals surface area contributed by atoms with Gasteiger partial charge in [-0.2, -0.15) is 0 Å². The Kier molecular flexibility index (Phi) is 4.36. The molecule has 2 amide bonds. The third-order valence-electron chi connectivity index (χ3n) is 4.48. The highest BCUT2D eigenvalue weighted by molar-refractivity contribution is 7.99. The molecule has 2 aliphatic rings. The van der Waals surface area contributed by atoms with Crippen molar-refractivity contribution in [1.82, 2.24) is 10.6 Å². The highest BCUT2D eigenvalue weighted by atomic mass is 32.2. The Hall–Kier alpha value is -2.47. The Morgan fingerprint density at radius 2 is 1.76 bits per heavy atom. The first kappa shape index (κ1) is 16.0. The van der Waals surface area contributed by atoms with Crippen LogP contribution in [0, 0.1) is 0 Å². The number of nitrogens with one attached hydrogen (secondary N) is 2. The van der Waals surface area contributed by atoms with Crippen molar-refractivity contribution in [1.29, 1.82) is 0 Å². The van der Waals surface area contributed by atoms with Gasteiger partial charge in [0.2, 0.25) is 11.8 Å². The van der Waals surface area contributed by atoms with E-state index in [0.29, 0.717) is 25.9 Å². The van der Waals surface area contributed by atoms with Gasteiger partial charge < -0.3 is 15.5 Å². The molecule has 0 aromatic heterocycles. The zero-order valence-corrected chi connectivity index (χ0v) is 14.5. The summed E-state index contributed by atoms with van der Waals surface area (Å²) >= 11 is 1.75. The number of hydrogen-bond donors (Lipinski definition) is 2. The fourth-order valence-electron chi connectivity index (χ4n) is 3.23. The lowest BCUT2D eigenvalue weighted by Crippen LogP contribution is -2.41. The monoisotopic (exact) mass is 353 g/mol. The first-order valence-electron chi connectivity index (χ1n) is 8.43. The number of para-hydroxylation sites is 2. The summed E-state index contributed by atoms with van der Waals surface area (Å²) in [6.45, 7) is 1.21. The SMILES string of the molecule is O=C(CCN1c2ccccc2Sc2ccccc21)NC1CCNC1=O. The molecular weight excluding hydrogens is 334 g/mol. The Balaban J connectivity index is 1.50. The van der Waals surface area contributed by atoms with Gasteiger partial charge in [-0.05, 0) is 30.7 Å². The second-order valence-electron chi connectivity index (χ2n) is 6.14. The molecule has 1 atom stereocenters. The van der Waals surface area contributed by atoms with Crippen molar-refractivity contribution in [2.45, 2.75) is 28.7 Å². The third kappa shape index (κ3) is 3.22. The second-order valence-corrected chi connectivity index (χ2v) is 7.22. The van der Waals surface area contributed by atoms with Crippen molar-refractivity contribution in [3.8, 4) is 0 Å². The molecule has 1 fully saturated rings. The molecule has 0 radical (unpaired) electrons. The third-order valence-corrected chi connectivity index (χ3v) is 5.61. The van der Waals surface area contributed by atoms with E-state index in [1.54, 1.807) is 11.8 Å². The predicted molar refractivity (Wildman–Crippen MR) is 98.2 cm³/mol. The number of hydrogen-bond acceptors (Lipinski definition) is 4. The quantitative estimate of drug-likeness (QED) is 0.887. The molecule has 2 aromatic rings. The van der Waals surface area contributed by atoms with Gasteiger partial charge in [-0.15, -0.1) is 0 Å². The van der Waals surface area contributed by atoms with Crippen LogP contribution in [-0.4, -0.2) is 30.9 Å². The lowest BCUT2D eigenvalue weighted by atomic mass is 10.2. The van der Waals surface area contributed by atoms with Crippen LogP contribution < -0.4 is 15.5 Å². The zero-order valence-electron chi connectivity index (χ0n) is 13.7. The first-order chi connectivity index (χ1) is 12.2. The van der Waals surface area contributed by atoms with Crippen LogP contribution >= 0.6 is 11.8 Å². The fraction of sp³-hybridized carbons (Fsp3) is 0.263. The van der Waals surface area contributed by atoms with E-state index < -0.39 is 0 Å². The minimum atomic E-state index is -0.385. The van der Waals surface area contributed by atoms with Gasteiger partial charge in [-0.3, -0.25) is 9.59 Å². The van der Waals surface area contributed by atoms with Crippen molar-refractivity contribution in [3.63, 3.8) is 0 Å². The van der Waals surface area contributed by atoms with Gasteiger partial charge in [-0.25, -0.2) is 0 Å². The maximum atomic E-state index is 12.3. The maximum absolute atomic E-state index is 12.3. The van der Waals surface area contributed by atoms with E-state index in [9.17, 15) is 9.59 Å². The molecule has 0 saturated carbocycles. The number of amides is 2. The molecule has 2 aliphatic heterocycles. The number of fused-ring (bicyclic) bond motifs is 2. The molecule has 0 aliphatic carbocycles. The standard InChI is InChI=1S/C19H19N3O2S/c23-18(21-13-9-11-20-19(13)24)10-12-22-14-5-1-3-7-16(14)25-17-8-4-2-6-15(17)22/h1-8,13H,9-12H2,(H,20,24)(H,21,23). The van der Waals surface area contributed by atoms with Crippen LogP contribution in [0.2, 0.25) is 0 Å². The molecule has 0 bridgehead atoms. The second kappa shape index (κ2) is 6.80. The Morgan fingerprint density at radius 1 is 1.12 bits per heavy atom. The molecule has 2 aromatic carbocycles. The number of benzene rings is 2. The van der Waals surface area contributed by atoms with E-state index in [1.165, 1.54) is 9.79 Å². The fourth-order valence-corrected chi connectivity index (χ4v) is 4.33. The van der Waals surface area contributed by atoms with Crippen molar-refractivity contribution >= 4 is 35.0 Å². The largest absolute Gasteiger partial charge is 0.354 e. The molecule has 6 heteroatoms. The average Bonchev–Trinajstić information content (AvgIpc) is 3.03. The van der Waals surface area contributed by atoms with Gasteiger partial charge in [-0.1, -0.05) is 36.0 Å². The van der Waals surface area contributed by atoms with Crippen LogP contribution in [0.15, 0.2) is 58.3 Å². The topological polar surface area (TPSA) is 61.4 Å². The average molecular weight is 353 g/mol. The summed E-state index contributed by atoms with van der Waals surface area (Å²) in [5.41, 5.74) is 2.25. The van der Waals surface area contributed by atoms with Crippen molar-refractivity contribution in [2.24, 2.45) is 0 Å². The van der Waals surface area contributed by atoms with Crippen molar-refractivity contribution < 1.29 is 9.59 Å². The number of carbonyl (C=O) groups excluding carboxylic acids is 2. The van der Waals surface area contributed by atoms with E-state index in [0.717, 1.165) is 11.4 Å². The highest BCUT2D eigenvalue weighted by Crippen LogP contribution is 2.47. The zero-order chi connectivity index (χ0) is 17.2. The number of anilines is 2. The number of rotatable bonds is 4. The molecule has 4 rings (SSSR count). The van der Waals surface area contributed by atoms with Crippen LogP contribution in [-0.2, 0) is 9.59 Å². The van der Waals surface area contributed by atoms with E-state index in [1.807, 2.05) is 24.3 Å². The van der Waals surface area contributed by atoms with Crippen molar-refractivity contribution in [2.75, 3.05) is 18.0 Å². The lowest BCUT2D eigenvalue weighted by Gasteiger charge is -2.32. The molecule has 0 spiro atoms. The van der Waals surface area contributed by atoms with Crippen LogP contribution in [0.1, 0.15) is 12.8 Å². The summed E-state index contributed by atoms with van der Waals surface area (Å²) in [7, 11) is 0. The highest BCUT2D eigenvalue weighted by Gasteiger charge is 2.27. The number of carbonyl (C=O) groups is 2. The van der Waals surface area contributed by atoms with Gasteiger partial charge in [0.15, 0.2) is 0 Å². The normalized spacial score (nSPS) is 18.3. The predicted octanol–water partition coefficient (Wildman–Crippen LogP) is 2.68. The summed E-state index contributed by atoms with van der Waals surface area (Å²) in [4.78, 5) is 28.5. The Labute approximate surface area is 150 Å². The molecule has 128 valence electrons. The molecule has 5 nitrogen and oxygen atoms in total.